The van der Waals surface area contributed by atoms with E-state index >= 15 is 0 Å². The highest BCUT2D eigenvalue weighted by Crippen LogP contribution is 2.28. The van der Waals surface area contributed by atoms with Crippen LogP contribution in [-0.4, -0.2) is 39.9 Å². The average Bonchev–Trinajstić information content (AvgIpc) is 2.43. The summed E-state index contributed by atoms with van der Waals surface area (Å²) in [6.45, 7) is -1.80. The fourth-order valence-corrected chi connectivity index (χ4v) is 2.82. The van der Waals surface area contributed by atoms with Gasteiger partial charge in [0.15, 0.2) is 6.61 Å². The lowest BCUT2D eigenvalue weighted by atomic mass is 10.3. The van der Waals surface area contributed by atoms with Gasteiger partial charge in [0, 0.05) is 11.0 Å². The van der Waals surface area contributed by atoms with E-state index < -0.39 is 45.9 Å². The van der Waals surface area contributed by atoms with Crippen molar-refractivity contribution < 1.29 is 31.8 Å². The number of nitro benzene ring substituents is 1. The summed E-state index contributed by atoms with van der Waals surface area (Å²) in [5, 5.41) is 10.9. The molecule has 0 aliphatic rings. The number of hydrogen-bond acceptors (Lipinski definition) is 6. The van der Waals surface area contributed by atoms with Crippen molar-refractivity contribution in [3.8, 4) is 0 Å². The van der Waals surface area contributed by atoms with Crippen LogP contribution in [0.25, 0.3) is 0 Å². The Morgan fingerprint density at radius 3 is 2.59 bits per heavy atom. The van der Waals surface area contributed by atoms with Gasteiger partial charge in [0.2, 0.25) is 0 Å². The maximum absolute atomic E-state index is 11.9. The lowest BCUT2D eigenvalue weighted by Gasteiger charge is -2.08. The number of esters is 1. The number of ether oxygens (including phenoxy) is 1. The molecule has 0 aliphatic carbocycles. The Bertz CT molecular complexity index is 606. The largest absolute Gasteiger partial charge is 0.455 e. The molecule has 0 N–H and O–H groups in total. The number of benzene rings is 1. The Morgan fingerprint density at radius 2 is 2.09 bits per heavy atom. The second-order valence-corrected chi connectivity index (χ2v) is 6.16. The summed E-state index contributed by atoms with van der Waals surface area (Å²) in [6.07, 6.45) is -3.01. The van der Waals surface area contributed by atoms with Gasteiger partial charge in [0.05, 0.1) is 15.7 Å². The predicted octanol–water partition coefficient (Wildman–Crippen LogP) is 2.53. The summed E-state index contributed by atoms with van der Waals surface area (Å²) >= 11 is 1.23. The fraction of sp³-hybridized carbons (Fsp3) is 0.364. The van der Waals surface area contributed by atoms with E-state index in [4.69, 9.17) is 0 Å². The van der Waals surface area contributed by atoms with Gasteiger partial charge in [-0.25, -0.2) is 0 Å². The van der Waals surface area contributed by atoms with Gasteiger partial charge in [-0.1, -0.05) is 0 Å². The number of halogens is 3. The molecule has 1 aromatic carbocycles. The van der Waals surface area contributed by atoms with Gasteiger partial charge in [-0.3, -0.25) is 19.1 Å². The van der Waals surface area contributed by atoms with E-state index in [2.05, 4.69) is 4.74 Å². The van der Waals surface area contributed by atoms with Crippen molar-refractivity contribution in [3.05, 3.63) is 28.3 Å². The van der Waals surface area contributed by atoms with Crippen molar-refractivity contribution in [1.82, 2.24) is 0 Å². The second-order valence-electron chi connectivity index (χ2n) is 3.86. The quantitative estimate of drug-likeness (QED) is 0.337. The Balaban J connectivity index is 2.85. The first-order valence-corrected chi connectivity index (χ1v) is 8.11. The van der Waals surface area contributed by atoms with Crippen LogP contribution in [0.2, 0.25) is 0 Å². The van der Waals surface area contributed by atoms with E-state index in [0.717, 1.165) is 0 Å². The standard InChI is InChI=1S/C11H10F3NO5S2/c1-21-7-2-3-9(8(4-7)15(17)18)22(19)5-10(16)20-6-11(12,13)14/h2-4H,5-6H2,1H3. The zero-order chi connectivity index (χ0) is 16.9. The van der Waals surface area contributed by atoms with Crippen LogP contribution >= 0.6 is 11.8 Å². The third-order valence-corrected chi connectivity index (χ3v) is 4.31. The minimum atomic E-state index is -4.69. The Kier molecular flexibility index (Phi) is 6.35. The number of carbonyl (C=O) groups excluding carboxylic acids is 1. The van der Waals surface area contributed by atoms with Gasteiger partial charge in [0.25, 0.3) is 5.69 Å². The first-order valence-electron chi connectivity index (χ1n) is 5.57. The number of rotatable bonds is 6. The third-order valence-electron chi connectivity index (χ3n) is 2.25. The SMILES string of the molecule is CSc1ccc(S(=O)CC(=O)OCC(F)(F)F)c([N+](=O)[O-])c1. The molecule has 0 saturated heterocycles. The molecule has 0 saturated carbocycles. The number of hydrogen-bond donors (Lipinski definition) is 0. The van der Waals surface area contributed by atoms with Crippen LogP contribution < -0.4 is 0 Å². The van der Waals surface area contributed by atoms with Crippen LogP contribution in [0.1, 0.15) is 0 Å². The summed E-state index contributed by atoms with van der Waals surface area (Å²) < 4.78 is 51.5. The molecule has 0 aliphatic heterocycles. The highest BCUT2D eigenvalue weighted by molar-refractivity contribution is 7.98. The molecule has 1 rings (SSSR count). The summed E-state index contributed by atoms with van der Waals surface area (Å²) in [5.74, 6) is -2.24. The second kappa shape index (κ2) is 7.58. The van der Waals surface area contributed by atoms with Gasteiger partial charge < -0.3 is 4.74 Å². The highest BCUT2D eigenvalue weighted by Gasteiger charge is 2.30. The number of alkyl halides is 3. The Labute approximate surface area is 129 Å². The first kappa shape index (κ1) is 18.4. The van der Waals surface area contributed by atoms with Crippen LogP contribution in [0.5, 0.6) is 0 Å². The van der Waals surface area contributed by atoms with Crippen molar-refractivity contribution in [1.29, 1.82) is 0 Å². The zero-order valence-electron chi connectivity index (χ0n) is 11.1. The van der Waals surface area contributed by atoms with Crippen molar-refractivity contribution in [3.63, 3.8) is 0 Å². The minimum absolute atomic E-state index is 0.244. The zero-order valence-corrected chi connectivity index (χ0v) is 12.7. The molecule has 11 heteroatoms. The minimum Gasteiger partial charge on any atom is -0.455 e. The van der Waals surface area contributed by atoms with E-state index in [1.54, 1.807) is 6.26 Å². The van der Waals surface area contributed by atoms with Crippen LogP contribution in [0.3, 0.4) is 0 Å². The van der Waals surface area contributed by atoms with Crippen LogP contribution in [0.15, 0.2) is 28.0 Å². The predicted molar refractivity (Wildman–Crippen MR) is 73.2 cm³/mol. The highest BCUT2D eigenvalue weighted by atomic mass is 32.2. The van der Waals surface area contributed by atoms with Crippen molar-refractivity contribution >= 4 is 34.2 Å². The molecule has 0 aromatic heterocycles. The van der Waals surface area contributed by atoms with Crippen molar-refractivity contribution in [2.75, 3.05) is 18.6 Å². The fourth-order valence-electron chi connectivity index (χ4n) is 1.35. The summed E-state index contributed by atoms with van der Waals surface area (Å²) in [7, 11) is -2.18. The first-order chi connectivity index (χ1) is 10.1. The normalized spacial score (nSPS) is 12.7. The maximum atomic E-state index is 11.9. The van der Waals surface area contributed by atoms with Gasteiger partial charge in [-0.15, -0.1) is 11.8 Å². The molecular weight excluding hydrogens is 347 g/mol. The van der Waals surface area contributed by atoms with Crippen LogP contribution in [0, 0.1) is 10.1 Å². The van der Waals surface area contributed by atoms with E-state index in [1.165, 1.54) is 30.0 Å². The number of nitrogens with zero attached hydrogens (tertiary/aromatic N) is 1. The van der Waals surface area contributed by atoms with Gasteiger partial charge in [0.1, 0.15) is 10.6 Å². The molecule has 0 amide bonds. The summed E-state index contributed by atoms with van der Waals surface area (Å²) in [6, 6.07) is 3.85. The lowest BCUT2D eigenvalue weighted by molar-refractivity contribution is -0.388. The van der Waals surface area contributed by atoms with E-state index in [0.29, 0.717) is 4.90 Å². The Morgan fingerprint density at radius 1 is 1.45 bits per heavy atom. The maximum Gasteiger partial charge on any atom is 0.422 e. The molecular formula is C11H10F3NO5S2. The lowest BCUT2D eigenvalue weighted by Crippen LogP contribution is -2.23. The molecule has 1 atom stereocenters. The third kappa shape index (κ3) is 5.64. The molecule has 122 valence electrons. The van der Waals surface area contributed by atoms with Crippen molar-refractivity contribution in [2.24, 2.45) is 0 Å². The number of thioether (sulfide) groups is 1. The molecule has 0 spiro atoms. The molecule has 0 radical (unpaired) electrons. The smallest absolute Gasteiger partial charge is 0.422 e. The molecule has 6 nitrogen and oxygen atoms in total. The van der Waals surface area contributed by atoms with E-state index in [-0.39, 0.29) is 4.90 Å². The molecule has 1 aromatic rings. The monoisotopic (exact) mass is 357 g/mol. The van der Waals surface area contributed by atoms with E-state index in [9.17, 15) is 32.3 Å². The number of carbonyl (C=O) groups is 1. The topological polar surface area (TPSA) is 86.5 Å². The van der Waals surface area contributed by atoms with Crippen LogP contribution in [-0.2, 0) is 20.3 Å². The van der Waals surface area contributed by atoms with Crippen LogP contribution in [0.4, 0.5) is 18.9 Å². The average molecular weight is 357 g/mol. The molecule has 0 fully saturated rings. The van der Waals surface area contributed by atoms with Gasteiger partial charge in [-0.05, 0) is 18.4 Å². The van der Waals surface area contributed by atoms with Crippen molar-refractivity contribution in [2.45, 2.75) is 16.0 Å². The van der Waals surface area contributed by atoms with Gasteiger partial charge >= 0.3 is 12.1 Å². The molecule has 1 unspecified atom stereocenters. The Hall–Kier alpha value is -1.62. The van der Waals surface area contributed by atoms with E-state index in [1.807, 2.05) is 0 Å². The summed E-state index contributed by atoms with van der Waals surface area (Å²) in [4.78, 5) is 21.7. The summed E-state index contributed by atoms with van der Waals surface area (Å²) in [5.41, 5.74) is -0.464. The molecule has 0 heterocycles. The molecule has 0 bridgehead atoms. The molecule has 22 heavy (non-hydrogen) atoms. The number of nitro groups is 1. The van der Waals surface area contributed by atoms with Gasteiger partial charge in [-0.2, -0.15) is 13.2 Å².